The van der Waals surface area contributed by atoms with Crippen molar-refractivity contribution in [3.05, 3.63) is 12.2 Å². The number of carboxylic acids is 1. The fourth-order valence-corrected chi connectivity index (χ4v) is 2.93. The first-order valence-corrected chi connectivity index (χ1v) is 6.16. The van der Waals surface area contributed by atoms with Gasteiger partial charge in [-0.2, -0.15) is 0 Å². The summed E-state index contributed by atoms with van der Waals surface area (Å²) in [5.41, 5.74) is 0. The van der Waals surface area contributed by atoms with Crippen LogP contribution in [-0.2, 0) is 14.3 Å². The van der Waals surface area contributed by atoms with Gasteiger partial charge in [-0.15, -0.1) is 0 Å². The van der Waals surface area contributed by atoms with Gasteiger partial charge in [-0.1, -0.05) is 12.2 Å². The molecule has 1 saturated carbocycles. The number of carboxylic acid groups (broad SMARTS) is 1. The van der Waals surface area contributed by atoms with Crippen LogP contribution in [-0.4, -0.2) is 23.1 Å². The fraction of sp³-hybridized carbons (Fsp3) is 0.692. The van der Waals surface area contributed by atoms with Gasteiger partial charge in [0.1, 0.15) is 6.10 Å². The van der Waals surface area contributed by atoms with E-state index in [0.29, 0.717) is 17.8 Å². The van der Waals surface area contributed by atoms with Crippen LogP contribution >= 0.6 is 0 Å². The molecule has 2 unspecified atom stereocenters. The number of carbonyl (C=O) groups is 2. The third-order valence-corrected chi connectivity index (χ3v) is 3.79. The standard InChI is InChI=1S/C13H18O4/c1-8(17-13(16)5-4-12(14)15)11-7-9-2-3-10(11)6-9/h2-3,8-11H,4-7H2,1H3,(H,14,15)/t8?,9-,10+,11?/m1/s1. The van der Waals surface area contributed by atoms with E-state index >= 15 is 0 Å². The minimum absolute atomic E-state index is 0.0314. The molecule has 1 fully saturated rings. The summed E-state index contributed by atoms with van der Waals surface area (Å²) >= 11 is 0. The van der Waals surface area contributed by atoms with Gasteiger partial charge in [-0.05, 0) is 31.6 Å². The largest absolute Gasteiger partial charge is 0.481 e. The number of esters is 1. The zero-order valence-electron chi connectivity index (χ0n) is 9.96. The van der Waals surface area contributed by atoms with Crippen LogP contribution < -0.4 is 0 Å². The highest BCUT2D eigenvalue weighted by Gasteiger charge is 2.39. The summed E-state index contributed by atoms with van der Waals surface area (Å²) in [5, 5.41) is 8.48. The van der Waals surface area contributed by atoms with Crippen LogP contribution in [0.4, 0.5) is 0 Å². The Morgan fingerprint density at radius 3 is 2.65 bits per heavy atom. The second kappa shape index (κ2) is 4.90. The van der Waals surface area contributed by atoms with Crippen LogP contribution in [0, 0.1) is 17.8 Å². The maximum Gasteiger partial charge on any atom is 0.306 e. The van der Waals surface area contributed by atoms with E-state index in [1.54, 1.807) is 0 Å². The lowest BCUT2D eigenvalue weighted by atomic mass is 9.89. The van der Waals surface area contributed by atoms with E-state index in [1.165, 1.54) is 6.42 Å². The Hall–Kier alpha value is -1.32. The second-order valence-corrected chi connectivity index (χ2v) is 5.03. The van der Waals surface area contributed by atoms with Crippen molar-refractivity contribution in [3.63, 3.8) is 0 Å². The molecule has 2 bridgehead atoms. The summed E-state index contributed by atoms with van der Waals surface area (Å²) < 4.78 is 5.30. The Labute approximate surface area is 101 Å². The smallest absolute Gasteiger partial charge is 0.306 e. The quantitative estimate of drug-likeness (QED) is 0.587. The Kier molecular flexibility index (Phi) is 3.50. The number of carbonyl (C=O) groups excluding carboxylic acids is 1. The van der Waals surface area contributed by atoms with Crippen molar-refractivity contribution in [1.82, 2.24) is 0 Å². The molecule has 0 amide bonds. The number of ether oxygens (including phenoxy) is 1. The normalized spacial score (nSPS) is 31.5. The molecule has 0 aromatic rings. The molecule has 0 aliphatic heterocycles. The summed E-state index contributed by atoms with van der Waals surface area (Å²) in [7, 11) is 0. The molecule has 1 N–H and O–H groups in total. The average molecular weight is 238 g/mol. The molecule has 4 atom stereocenters. The van der Waals surface area contributed by atoms with Gasteiger partial charge >= 0.3 is 11.9 Å². The molecule has 0 heterocycles. The van der Waals surface area contributed by atoms with Gasteiger partial charge in [0.15, 0.2) is 0 Å². The van der Waals surface area contributed by atoms with Crippen molar-refractivity contribution in [1.29, 1.82) is 0 Å². The molecular formula is C13H18O4. The monoisotopic (exact) mass is 238 g/mol. The Morgan fingerprint density at radius 1 is 1.35 bits per heavy atom. The van der Waals surface area contributed by atoms with E-state index in [4.69, 9.17) is 9.84 Å². The minimum Gasteiger partial charge on any atom is -0.481 e. The fourth-order valence-electron chi connectivity index (χ4n) is 2.93. The van der Waals surface area contributed by atoms with Gasteiger partial charge in [0.05, 0.1) is 12.8 Å². The molecule has 94 valence electrons. The number of aliphatic carboxylic acids is 1. The first-order chi connectivity index (χ1) is 8.06. The highest BCUT2D eigenvalue weighted by atomic mass is 16.5. The summed E-state index contributed by atoms with van der Waals surface area (Å²) in [6.07, 6.45) is 6.46. The number of allylic oxidation sites excluding steroid dienone is 2. The van der Waals surface area contributed by atoms with Crippen molar-refractivity contribution < 1.29 is 19.4 Å². The van der Waals surface area contributed by atoms with Gasteiger partial charge in [-0.25, -0.2) is 0 Å². The third kappa shape index (κ3) is 2.87. The first kappa shape index (κ1) is 12.1. The number of fused-ring (bicyclic) bond motifs is 2. The van der Waals surface area contributed by atoms with E-state index in [-0.39, 0.29) is 18.9 Å². The predicted molar refractivity (Wildman–Crippen MR) is 61.3 cm³/mol. The van der Waals surface area contributed by atoms with Crippen molar-refractivity contribution in [2.75, 3.05) is 0 Å². The van der Waals surface area contributed by atoms with E-state index in [1.807, 2.05) is 6.92 Å². The summed E-state index contributed by atoms with van der Waals surface area (Å²) in [5.74, 6) is 0.260. The summed E-state index contributed by atoms with van der Waals surface area (Å²) in [4.78, 5) is 21.8. The lowest BCUT2D eigenvalue weighted by molar-refractivity contribution is -0.153. The van der Waals surface area contributed by atoms with E-state index in [2.05, 4.69) is 12.2 Å². The molecule has 0 spiro atoms. The van der Waals surface area contributed by atoms with Gasteiger partial charge in [0.25, 0.3) is 0 Å². The molecule has 0 radical (unpaired) electrons. The van der Waals surface area contributed by atoms with E-state index < -0.39 is 11.9 Å². The lowest BCUT2D eigenvalue weighted by Gasteiger charge is -2.25. The summed E-state index contributed by atoms with van der Waals surface area (Å²) in [6.45, 7) is 1.91. The number of hydrogen-bond donors (Lipinski definition) is 1. The Bertz CT molecular complexity index is 347. The van der Waals surface area contributed by atoms with Crippen LogP contribution in [0.2, 0.25) is 0 Å². The molecule has 0 aromatic heterocycles. The molecule has 0 saturated heterocycles. The van der Waals surface area contributed by atoms with Gasteiger partial charge in [-0.3, -0.25) is 9.59 Å². The van der Waals surface area contributed by atoms with Crippen molar-refractivity contribution in [3.8, 4) is 0 Å². The SMILES string of the molecule is CC(OC(=O)CCC(=O)O)C1C[C@@H]2C=C[C@H]1C2. The van der Waals surface area contributed by atoms with Crippen LogP contribution in [0.15, 0.2) is 12.2 Å². The average Bonchev–Trinajstić information content (AvgIpc) is 2.87. The van der Waals surface area contributed by atoms with Crippen molar-refractivity contribution in [2.45, 2.75) is 38.7 Å². The molecule has 2 aliphatic rings. The highest BCUT2D eigenvalue weighted by Crippen LogP contribution is 2.45. The van der Waals surface area contributed by atoms with Crippen LogP contribution in [0.25, 0.3) is 0 Å². The molecule has 17 heavy (non-hydrogen) atoms. The molecule has 2 rings (SSSR count). The molecule has 0 aromatic carbocycles. The highest BCUT2D eigenvalue weighted by molar-refractivity contribution is 5.76. The Morgan fingerprint density at radius 2 is 2.12 bits per heavy atom. The molecule has 4 heteroatoms. The van der Waals surface area contributed by atoms with Gasteiger partial charge < -0.3 is 9.84 Å². The predicted octanol–water partition coefficient (Wildman–Crippen LogP) is 2.00. The van der Waals surface area contributed by atoms with E-state index in [9.17, 15) is 9.59 Å². The molecule has 4 nitrogen and oxygen atoms in total. The minimum atomic E-state index is -0.961. The van der Waals surface area contributed by atoms with Gasteiger partial charge in [0.2, 0.25) is 0 Å². The zero-order valence-corrected chi connectivity index (χ0v) is 9.96. The van der Waals surface area contributed by atoms with Crippen LogP contribution in [0.5, 0.6) is 0 Å². The van der Waals surface area contributed by atoms with Crippen LogP contribution in [0.1, 0.15) is 32.6 Å². The summed E-state index contributed by atoms with van der Waals surface area (Å²) in [6, 6.07) is 0. The van der Waals surface area contributed by atoms with Crippen molar-refractivity contribution >= 4 is 11.9 Å². The number of hydrogen-bond acceptors (Lipinski definition) is 3. The molecular weight excluding hydrogens is 220 g/mol. The van der Waals surface area contributed by atoms with E-state index in [0.717, 1.165) is 6.42 Å². The Balaban J connectivity index is 1.77. The number of rotatable bonds is 5. The maximum atomic E-state index is 11.4. The zero-order chi connectivity index (χ0) is 12.4. The second-order valence-electron chi connectivity index (χ2n) is 5.03. The van der Waals surface area contributed by atoms with Gasteiger partial charge in [0, 0.05) is 5.92 Å². The van der Waals surface area contributed by atoms with Crippen molar-refractivity contribution in [2.24, 2.45) is 17.8 Å². The first-order valence-electron chi connectivity index (χ1n) is 6.16. The van der Waals surface area contributed by atoms with Crippen LogP contribution in [0.3, 0.4) is 0 Å². The lowest BCUT2D eigenvalue weighted by Crippen LogP contribution is -2.27. The maximum absolute atomic E-state index is 11.4. The topological polar surface area (TPSA) is 63.6 Å². The molecule has 2 aliphatic carbocycles. The third-order valence-electron chi connectivity index (χ3n) is 3.79.